The lowest BCUT2D eigenvalue weighted by Gasteiger charge is -2.19. The minimum absolute atomic E-state index is 0.0132. The van der Waals surface area contributed by atoms with Gasteiger partial charge < -0.3 is 19.2 Å². The largest absolute Gasteiger partial charge is 0.492 e. The van der Waals surface area contributed by atoms with Crippen molar-refractivity contribution in [3.8, 4) is 11.5 Å². The molecule has 0 saturated carbocycles. The van der Waals surface area contributed by atoms with E-state index >= 15 is 0 Å². The molecular weight excluding hydrogens is 478 g/mol. The van der Waals surface area contributed by atoms with Crippen LogP contribution in [0.25, 0.3) is 11.0 Å². The van der Waals surface area contributed by atoms with Gasteiger partial charge in [-0.2, -0.15) is 0 Å². The summed E-state index contributed by atoms with van der Waals surface area (Å²) in [6.07, 6.45) is 0. The van der Waals surface area contributed by atoms with E-state index in [1.807, 2.05) is 37.3 Å². The van der Waals surface area contributed by atoms with Gasteiger partial charge in [-0.3, -0.25) is 9.59 Å². The number of nitrogens with one attached hydrogen (secondary N) is 1. The van der Waals surface area contributed by atoms with E-state index in [2.05, 4.69) is 26.1 Å². The van der Waals surface area contributed by atoms with Gasteiger partial charge in [0.05, 0.1) is 17.3 Å². The average Bonchev–Trinajstić information content (AvgIpc) is 3.21. The zero-order chi connectivity index (χ0) is 25.9. The van der Waals surface area contributed by atoms with Gasteiger partial charge in [-0.15, -0.1) is 0 Å². The van der Waals surface area contributed by atoms with Gasteiger partial charge >= 0.3 is 0 Å². The number of amides is 1. The second-order valence-corrected chi connectivity index (χ2v) is 9.73. The Labute approximate surface area is 215 Å². The first kappa shape index (κ1) is 25.3. The van der Waals surface area contributed by atoms with Crippen molar-refractivity contribution in [1.29, 1.82) is 0 Å². The summed E-state index contributed by atoms with van der Waals surface area (Å²) in [7, 11) is 0. The Balaban J connectivity index is 1.55. The van der Waals surface area contributed by atoms with Crippen molar-refractivity contribution in [2.75, 3.05) is 18.5 Å². The molecule has 0 spiro atoms. The molecule has 0 fully saturated rings. The third-order valence-corrected chi connectivity index (χ3v) is 5.95. The fraction of sp³-hybridized carbons (Fsp3) is 0.241. The number of ether oxygens (including phenoxy) is 2. The zero-order valence-electron chi connectivity index (χ0n) is 20.7. The number of ketones is 1. The first-order chi connectivity index (χ1) is 17.2. The Hall–Kier alpha value is -3.77. The molecular formula is C29H28ClNO5. The van der Waals surface area contributed by atoms with Gasteiger partial charge in [0.1, 0.15) is 17.1 Å². The Kier molecular flexibility index (Phi) is 7.36. The molecule has 0 aliphatic carbocycles. The second kappa shape index (κ2) is 10.5. The zero-order valence-corrected chi connectivity index (χ0v) is 21.4. The number of carbonyl (C=O) groups excluding carboxylic acids is 2. The van der Waals surface area contributed by atoms with Gasteiger partial charge in [0, 0.05) is 10.9 Å². The maximum atomic E-state index is 13.4. The Morgan fingerprint density at radius 1 is 0.972 bits per heavy atom. The molecule has 3 aromatic carbocycles. The topological polar surface area (TPSA) is 77.8 Å². The van der Waals surface area contributed by atoms with Crippen LogP contribution in [-0.2, 0) is 10.2 Å². The monoisotopic (exact) mass is 505 g/mol. The maximum absolute atomic E-state index is 13.4. The highest BCUT2D eigenvalue weighted by atomic mass is 35.5. The van der Waals surface area contributed by atoms with Gasteiger partial charge in [0.2, 0.25) is 5.78 Å². The van der Waals surface area contributed by atoms with Gasteiger partial charge in [-0.25, -0.2) is 0 Å². The van der Waals surface area contributed by atoms with E-state index in [4.69, 9.17) is 25.5 Å². The van der Waals surface area contributed by atoms with Crippen LogP contribution in [0.4, 0.5) is 5.69 Å². The van der Waals surface area contributed by atoms with Crippen LogP contribution < -0.4 is 14.8 Å². The number of rotatable bonds is 8. The minimum atomic E-state index is -0.416. The van der Waals surface area contributed by atoms with Crippen LogP contribution in [0.5, 0.6) is 11.5 Å². The first-order valence-electron chi connectivity index (χ1n) is 11.7. The lowest BCUT2D eigenvalue weighted by molar-refractivity contribution is -0.118. The van der Waals surface area contributed by atoms with E-state index < -0.39 is 11.7 Å². The molecule has 0 aliphatic rings. The van der Waals surface area contributed by atoms with E-state index in [1.165, 1.54) is 11.6 Å². The molecule has 0 atom stereocenters. The number of halogens is 1. The Morgan fingerprint density at radius 2 is 1.69 bits per heavy atom. The maximum Gasteiger partial charge on any atom is 0.262 e. The van der Waals surface area contributed by atoms with Crippen molar-refractivity contribution in [3.05, 3.63) is 88.6 Å². The predicted octanol–water partition coefficient (Wildman–Crippen LogP) is 7.03. The van der Waals surface area contributed by atoms with Crippen LogP contribution >= 0.6 is 11.6 Å². The van der Waals surface area contributed by atoms with Crippen molar-refractivity contribution >= 4 is 39.9 Å². The van der Waals surface area contributed by atoms with E-state index in [1.54, 1.807) is 30.3 Å². The molecule has 36 heavy (non-hydrogen) atoms. The molecule has 6 nitrogen and oxygen atoms in total. The highest BCUT2D eigenvalue weighted by Crippen LogP contribution is 2.34. The summed E-state index contributed by atoms with van der Waals surface area (Å²) < 4.78 is 17.0. The molecule has 1 amide bonds. The van der Waals surface area contributed by atoms with Gasteiger partial charge in [-0.1, -0.05) is 56.6 Å². The minimum Gasteiger partial charge on any atom is -0.492 e. The number of carbonyl (C=O) groups is 2. The molecule has 1 N–H and O–H groups in total. The van der Waals surface area contributed by atoms with Crippen LogP contribution in [0.1, 0.15) is 49.4 Å². The molecule has 0 unspecified atom stereocenters. The summed E-state index contributed by atoms with van der Waals surface area (Å²) in [4.78, 5) is 26.2. The molecule has 0 radical (unpaired) electrons. The molecule has 7 heteroatoms. The number of anilines is 1. The van der Waals surface area contributed by atoms with Crippen LogP contribution in [0.15, 0.2) is 71.1 Å². The normalized spacial score (nSPS) is 11.4. The third-order valence-electron chi connectivity index (χ3n) is 5.65. The molecule has 1 heterocycles. The number of hydrogen-bond acceptors (Lipinski definition) is 5. The predicted molar refractivity (Wildman–Crippen MR) is 142 cm³/mol. The summed E-state index contributed by atoms with van der Waals surface area (Å²) >= 11 is 6.28. The van der Waals surface area contributed by atoms with Crippen molar-refractivity contribution < 1.29 is 23.5 Å². The van der Waals surface area contributed by atoms with E-state index in [9.17, 15) is 9.59 Å². The highest BCUT2D eigenvalue weighted by Gasteiger charge is 2.24. The Bertz CT molecular complexity index is 1400. The van der Waals surface area contributed by atoms with Crippen molar-refractivity contribution in [2.45, 2.75) is 33.1 Å². The number of fused-ring (bicyclic) bond motifs is 1. The summed E-state index contributed by atoms with van der Waals surface area (Å²) in [5.41, 5.74) is 2.27. The standard InChI is InChI=1S/C29H28ClNO5/c1-5-34-24-15-10-18(16-22(24)30)27(33)28-26(21-8-6-7-9-23(21)36-28)31-25(32)17-35-20-13-11-19(12-14-20)29(2,3)4/h6-16H,5,17H2,1-4H3,(H,31,32). The fourth-order valence-electron chi connectivity index (χ4n) is 3.75. The second-order valence-electron chi connectivity index (χ2n) is 9.32. The number of benzene rings is 3. The van der Waals surface area contributed by atoms with Crippen molar-refractivity contribution in [3.63, 3.8) is 0 Å². The summed E-state index contributed by atoms with van der Waals surface area (Å²) in [6, 6.07) is 19.5. The molecule has 1 aromatic heterocycles. The van der Waals surface area contributed by atoms with Crippen molar-refractivity contribution in [1.82, 2.24) is 0 Å². The fourth-order valence-corrected chi connectivity index (χ4v) is 3.99. The van der Waals surface area contributed by atoms with Gasteiger partial charge in [-0.05, 0) is 60.4 Å². The van der Waals surface area contributed by atoms with Crippen LogP contribution in [0, 0.1) is 0 Å². The quantitative estimate of drug-likeness (QED) is 0.260. The number of para-hydroxylation sites is 1. The summed E-state index contributed by atoms with van der Waals surface area (Å²) in [5.74, 6) is 0.252. The van der Waals surface area contributed by atoms with Crippen LogP contribution in [0.2, 0.25) is 5.02 Å². The van der Waals surface area contributed by atoms with Crippen molar-refractivity contribution in [2.24, 2.45) is 0 Å². The average molecular weight is 506 g/mol. The van der Waals surface area contributed by atoms with Crippen LogP contribution in [-0.4, -0.2) is 24.9 Å². The van der Waals surface area contributed by atoms with Gasteiger partial charge in [0.15, 0.2) is 12.4 Å². The molecule has 0 aliphatic heterocycles. The highest BCUT2D eigenvalue weighted by molar-refractivity contribution is 6.32. The summed E-state index contributed by atoms with van der Waals surface area (Å²) in [6.45, 7) is 8.47. The number of furan rings is 1. The van der Waals surface area contributed by atoms with E-state index in [0.29, 0.717) is 39.7 Å². The molecule has 186 valence electrons. The Morgan fingerprint density at radius 3 is 2.36 bits per heavy atom. The van der Waals surface area contributed by atoms with Crippen LogP contribution in [0.3, 0.4) is 0 Å². The molecule has 0 saturated heterocycles. The van der Waals surface area contributed by atoms with Gasteiger partial charge in [0.25, 0.3) is 5.91 Å². The third kappa shape index (κ3) is 5.55. The lowest BCUT2D eigenvalue weighted by Crippen LogP contribution is -2.21. The van der Waals surface area contributed by atoms with E-state index in [0.717, 1.165) is 0 Å². The molecule has 4 rings (SSSR count). The number of hydrogen-bond donors (Lipinski definition) is 1. The smallest absolute Gasteiger partial charge is 0.262 e. The van der Waals surface area contributed by atoms with E-state index in [-0.39, 0.29) is 23.5 Å². The SMILES string of the molecule is CCOc1ccc(C(=O)c2oc3ccccc3c2NC(=O)COc2ccc(C(C)(C)C)cc2)cc1Cl. The summed E-state index contributed by atoms with van der Waals surface area (Å²) in [5, 5.41) is 3.73. The first-order valence-corrected chi connectivity index (χ1v) is 12.1. The molecule has 0 bridgehead atoms. The molecule has 4 aromatic rings. The lowest BCUT2D eigenvalue weighted by atomic mass is 9.87.